The molecule has 1 N–H and O–H groups in total. The number of hydrogen-bond acceptors (Lipinski definition) is 4. The Morgan fingerprint density at radius 2 is 2.07 bits per heavy atom. The van der Waals surface area contributed by atoms with E-state index in [2.05, 4.69) is 15.5 Å². The summed E-state index contributed by atoms with van der Waals surface area (Å²) in [5.41, 5.74) is 2.15. The van der Waals surface area contributed by atoms with Crippen LogP contribution in [0.1, 0.15) is 13.3 Å². The number of hydrogen-bond donors (Lipinski definition) is 1. The highest BCUT2D eigenvalue weighted by atomic mass is 35.5. The zero-order valence-electron chi connectivity index (χ0n) is 15.9. The molecule has 1 aliphatic rings. The smallest absolute Gasteiger partial charge is 0.229 e. The van der Waals surface area contributed by atoms with Crippen LogP contribution in [0.2, 0.25) is 5.02 Å². The summed E-state index contributed by atoms with van der Waals surface area (Å²) in [6, 6.07) is 14.6. The first-order valence-corrected chi connectivity index (χ1v) is 9.78. The molecule has 2 aromatic carbocycles. The van der Waals surface area contributed by atoms with E-state index in [1.807, 2.05) is 47.9 Å². The molecule has 1 unspecified atom stereocenters. The lowest BCUT2D eigenvalue weighted by Crippen LogP contribution is -2.28. The predicted octanol–water partition coefficient (Wildman–Crippen LogP) is 3.61. The average molecular weight is 410 g/mol. The van der Waals surface area contributed by atoms with E-state index in [-0.39, 0.29) is 18.2 Å². The molecule has 2 heterocycles. The fourth-order valence-corrected chi connectivity index (χ4v) is 3.71. The third kappa shape index (κ3) is 3.86. The van der Waals surface area contributed by atoms with E-state index in [0.29, 0.717) is 22.9 Å². The van der Waals surface area contributed by atoms with Crippen LogP contribution in [0.25, 0.3) is 11.4 Å². The van der Waals surface area contributed by atoms with Gasteiger partial charge in [0, 0.05) is 30.8 Å². The van der Waals surface area contributed by atoms with Crippen molar-refractivity contribution in [2.24, 2.45) is 5.92 Å². The van der Waals surface area contributed by atoms with Gasteiger partial charge in [-0.15, -0.1) is 10.2 Å². The lowest BCUT2D eigenvalue weighted by Gasteiger charge is -2.18. The first-order valence-electron chi connectivity index (χ1n) is 9.41. The second-order valence-electron chi connectivity index (χ2n) is 6.87. The molecule has 8 heteroatoms. The van der Waals surface area contributed by atoms with Gasteiger partial charge in [-0.25, -0.2) is 0 Å². The Bertz CT molecular complexity index is 1060. The van der Waals surface area contributed by atoms with Crippen molar-refractivity contribution in [3.63, 3.8) is 0 Å². The number of rotatable bonds is 5. The Morgan fingerprint density at radius 1 is 1.24 bits per heavy atom. The number of carbonyl (C=O) groups excluding carboxylic acids is 2. The summed E-state index contributed by atoms with van der Waals surface area (Å²) < 4.78 is 1.93. The second kappa shape index (κ2) is 8.05. The number of aryl methyl sites for hydroxylation is 1. The van der Waals surface area contributed by atoms with Crippen LogP contribution in [0.3, 0.4) is 0 Å². The minimum Gasteiger partial charge on any atom is -0.326 e. The van der Waals surface area contributed by atoms with E-state index in [9.17, 15) is 9.59 Å². The Balaban J connectivity index is 1.48. The number of aromatic nitrogens is 3. The molecule has 0 radical (unpaired) electrons. The van der Waals surface area contributed by atoms with Gasteiger partial charge in [-0.05, 0) is 31.2 Å². The summed E-state index contributed by atoms with van der Waals surface area (Å²) >= 11 is 6.21. The Labute approximate surface area is 173 Å². The highest BCUT2D eigenvalue weighted by Gasteiger charge is 2.35. The summed E-state index contributed by atoms with van der Waals surface area (Å²) in [4.78, 5) is 26.8. The van der Waals surface area contributed by atoms with Gasteiger partial charge in [0.15, 0.2) is 5.82 Å². The molecule has 1 fully saturated rings. The van der Waals surface area contributed by atoms with Crippen LogP contribution in [0.4, 0.5) is 11.4 Å². The summed E-state index contributed by atoms with van der Waals surface area (Å²) in [6.07, 6.45) is 1.83. The minimum absolute atomic E-state index is 0.108. The monoisotopic (exact) mass is 409 g/mol. The van der Waals surface area contributed by atoms with Gasteiger partial charge < -0.3 is 14.8 Å². The van der Waals surface area contributed by atoms with Crippen molar-refractivity contribution < 1.29 is 9.59 Å². The summed E-state index contributed by atoms with van der Waals surface area (Å²) in [5, 5.41) is 11.5. The van der Waals surface area contributed by atoms with Gasteiger partial charge in [0.05, 0.1) is 16.6 Å². The molecule has 0 aliphatic carbocycles. The van der Waals surface area contributed by atoms with Crippen LogP contribution in [0.5, 0.6) is 0 Å². The number of halogens is 1. The molecular formula is C21H20ClN5O2. The van der Waals surface area contributed by atoms with E-state index >= 15 is 0 Å². The lowest BCUT2D eigenvalue weighted by atomic mass is 10.1. The van der Waals surface area contributed by atoms with E-state index in [1.165, 1.54) is 0 Å². The van der Waals surface area contributed by atoms with Crippen LogP contribution < -0.4 is 10.2 Å². The van der Waals surface area contributed by atoms with Crippen LogP contribution in [0.15, 0.2) is 54.9 Å². The summed E-state index contributed by atoms with van der Waals surface area (Å²) in [6.45, 7) is 3.07. The minimum atomic E-state index is -0.443. The van der Waals surface area contributed by atoms with Crippen LogP contribution in [-0.2, 0) is 16.1 Å². The van der Waals surface area contributed by atoms with Crippen LogP contribution in [0, 0.1) is 5.92 Å². The Kier molecular flexibility index (Phi) is 5.31. The Morgan fingerprint density at radius 3 is 2.86 bits per heavy atom. The lowest BCUT2D eigenvalue weighted by molar-refractivity contribution is -0.122. The molecule has 1 aliphatic heterocycles. The summed E-state index contributed by atoms with van der Waals surface area (Å²) in [7, 11) is 0. The molecule has 148 valence electrons. The Hall–Kier alpha value is -3.19. The average Bonchev–Trinajstić information content (AvgIpc) is 3.35. The number of nitrogens with one attached hydrogen (secondary N) is 1. The highest BCUT2D eigenvalue weighted by Crippen LogP contribution is 2.31. The SMILES string of the molecule is CCn1cnnc1-c1cccc(NC(=O)C2CC(=O)N(c3ccccc3Cl)C2)c1. The molecular weight excluding hydrogens is 390 g/mol. The van der Waals surface area contributed by atoms with E-state index in [0.717, 1.165) is 17.9 Å². The summed E-state index contributed by atoms with van der Waals surface area (Å²) in [5.74, 6) is -0.00341. The van der Waals surface area contributed by atoms with Crippen molar-refractivity contribution in [2.45, 2.75) is 19.9 Å². The second-order valence-corrected chi connectivity index (χ2v) is 7.27. The number of nitrogens with zero attached hydrogens (tertiary/aromatic N) is 4. The molecule has 3 aromatic rings. The third-order valence-corrected chi connectivity index (χ3v) is 5.30. The van der Waals surface area contributed by atoms with E-state index in [1.54, 1.807) is 23.4 Å². The molecule has 1 saturated heterocycles. The van der Waals surface area contributed by atoms with Gasteiger partial charge >= 0.3 is 0 Å². The van der Waals surface area contributed by atoms with Gasteiger partial charge in [-0.1, -0.05) is 35.9 Å². The van der Waals surface area contributed by atoms with Crippen LogP contribution in [-0.4, -0.2) is 33.1 Å². The topological polar surface area (TPSA) is 80.1 Å². The fraction of sp³-hybridized carbons (Fsp3) is 0.238. The van der Waals surface area contributed by atoms with Crippen LogP contribution >= 0.6 is 11.6 Å². The van der Waals surface area contributed by atoms with Gasteiger partial charge in [-0.2, -0.15) is 0 Å². The zero-order chi connectivity index (χ0) is 20.4. The predicted molar refractivity (Wildman–Crippen MR) is 112 cm³/mol. The maximum atomic E-state index is 12.8. The van der Waals surface area contributed by atoms with Crippen molar-refractivity contribution in [2.75, 3.05) is 16.8 Å². The number of amides is 2. The largest absolute Gasteiger partial charge is 0.326 e. The maximum Gasteiger partial charge on any atom is 0.229 e. The van der Waals surface area contributed by atoms with Crippen molar-refractivity contribution in [3.8, 4) is 11.4 Å². The normalized spacial score (nSPS) is 16.3. The molecule has 29 heavy (non-hydrogen) atoms. The molecule has 0 saturated carbocycles. The molecule has 0 spiro atoms. The van der Waals surface area contributed by atoms with Crippen molar-refractivity contribution >= 4 is 34.8 Å². The van der Waals surface area contributed by atoms with E-state index in [4.69, 9.17) is 11.6 Å². The number of carbonyl (C=O) groups is 2. The molecule has 1 atom stereocenters. The molecule has 1 aromatic heterocycles. The molecule has 7 nitrogen and oxygen atoms in total. The number of benzene rings is 2. The van der Waals surface area contributed by atoms with E-state index < -0.39 is 5.92 Å². The van der Waals surface area contributed by atoms with Crippen molar-refractivity contribution in [3.05, 3.63) is 59.9 Å². The molecule has 4 rings (SSSR count). The van der Waals surface area contributed by atoms with Gasteiger partial charge in [0.2, 0.25) is 11.8 Å². The van der Waals surface area contributed by atoms with Gasteiger partial charge in [0.25, 0.3) is 0 Å². The first kappa shape index (κ1) is 19.1. The number of anilines is 2. The maximum absolute atomic E-state index is 12.8. The third-order valence-electron chi connectivity index (χ3n) is 4.98. The fourth-order valence-electron chi connectivity index (χ4n) is 3.48. The zero-order valence-corrected chi connectivity index (χ0v) is 16.6. The quantitative estimate of drug-likeness (QED) is 0.698. The van der Waals surface area contributed by atoms with Gasteiger partial charge in [-0.3, -0.25) is 9.59 Å². The highest BCUT2D eigenvalue weighted by molar-refractivity contribution is 6.33. The van der Waals surface area contributed by atoms with Crippen molar-refractivity contribution in [1.82, 2.24) is 14.8 Å². The van der Waals surface area contributed by atoms with Crippen molar-refractivity contribution in [1.29, 1.82) is 0 Å². The molecule has 2 amide bonds. The number of para-hydroxylation sites is 1. The van der Waals surface area contributed by atoms with Gasteiger partial charge in [0.1, 0.15) is 6.33 Å². The first-order chi connectivity index (χ1) is 14.1. The standard InChI is InChI=1S/C21H20ClN5O2/c1-2-26-13-23-25-20(26)14-6-5-7-16(10-14)24-21(29)15-11-19(28)27(12-15)18-9-4-3-8-17(18)22/h3-10,13,15H,2,11-12H2,1H3,(H,24,29). The molecule has 0 bridgehead atoms.